The van der Waals surface area contributed by atoms with Crippen LogP contribution in [0.4, 0.5) is 0 Å². The van der Waals surface area contributed by atoms with Crippen molar-refractivity contribution in [1.82, 2.24) is 4.90 Å². The van der Waals surface area contributed by atoms with Crippen LogP contribution in [-0.4, -0.2) is 35.0 Å². The van der Waals surface area contributed by atoms with Gasteiger partial charge in [-0.1, -0.05) is 32.9 Å². The molecule has 120 valence electrons. The molecule has 1 fully saturated rings. The van der Waals surface area contributed by atoms with Gasteiger partial charge in [0.15, 0.2) is 0 Å². The van der Waals surface area contributed by atoms with Crippen molar-refractivity contribution in [2.24, 2.45) is 11.3 Å². The van der Waals surface area contributed by atoms with Crippen LogP contribution < -0.4 is 0 Å². The number of carboxylic acid groups (broad SMARTS) is 1. The average molecular weight is 303 g/mol. The maximum Gasteiger partial charge on any atom is 0.335 e. The molecule has 1 aliphatic heterocycles. The summed E-state index contributed by atoms with van der Waals surface area (Å²) in [6.45, 7) is 7.71. The summed E-state index contributed by atoms with van der Waals surface area (Å²) in [5.74, 6) is -0.183. The second-order valence-electron chi connectivity index (χ2n) is 6.85. The van der Waals surface area contributed by atoms with E-state index in [9.17, 15) is 9.59 Å². The zero-order chi connectivity index (χ0) is 16.3. The summed E-state index contributed by atoms with van der Waals surface area (Å²) in [5.41, 5.74) is 1.17. The second-order valence-corrected chi connectivity index (χ2v) is 6.85. The highest BCUT2D eigenvalue weighted by molar-refractivity contribution is 5.87. The highest BCUT2D eigenvalue weighted by Gasteiger charge is 2.34. The summed E-state index contributed by atoms with van der Waals surface area (Å²) in [6.07, 6.45) is 2.77. The molecule has 1 saturated heterocycles. The fourth-order valence-electron chi connectivity index (χ4n) is 2.88. The summed E-state index contributed by atoms with van der Waals surface area (Å²) in [5, 5.41) is 8.91. The minimum atomic E-state index is -0.897. The molecule has 0 aromatic heterocycles. The van der Waals surface area contributed by atoms with Crippen LogP contribution in [0.2, 0.25) is 0 Å². The number of aromatic carboxylic acids is 1. The van der Waals surface area contributed by atoms with Crippen molar-refractivity contribution >= 4 is 11.9 Å². The third-order valence-electron chi connectivity index (χ3n) is 4.76. The minimum Gasteiger partial charge on any atom is -0.478 e. The number of carbonyl (C=O) groups excluding carboxylic acids is 1. The number of amides is 1. The first-order valence-corrected chi connectivity index (χ1v) is 7.95. The third kappa shape index (κ3) is 3.67. The van der Waals surface area contributed by atoms with E-state index in [0.29, 0.717) is 11.5 Å². The second kappa shape index (κ2) is 6.51. The summed E-state index contributed by atoms with van der Waals surface area (Å²) in [4.78, 5) is 25.3. The van der Waals surface area contributed by atoms with E-state index in [4.69, 9.17) is 5.11 Å². The fourth-order valence-corrected chi connectivity index (χ4v) is 2.88. The third-order valence-corrected chi connectivity index (χ3v) is 4.76. The molecule has 0 saturated carbocycles. The van der Waals surface area contributed by atoms with Gasteiger partial charge in [-0.3, -0.25) is 4.79 Å². The Bertz CT molecular complexity index is 548. The predicted octanol–water partition coefficient (Wildman–Crippen LogP) is 3.21. The first-order valence-electron chi connectivity index (χ1n) is 7.95. The monoisotopic (exact) mass is 303 g/mol. The molecule has 1 aliphatic rings. The van der Waals surface area contributed by atoms with E-state index in [-0.39, 0.29) is 11.3 Å². The molecular formula is C18H25NO3. The Morgan fingerprint density at radius 3 is 2.45 bits per heavy atom. The van der Waals surface area contributed by atoms with Gasteiger partial charge in [0.2, 0.25) is 5.91 Å². The van der Waals surface area contributed by atoms with Gasteiger partial charge in [0.25, 0.3) is 0 Å². The molecule has 0 spiro atoms. The highest BCUT2D eigenvalue weighted by Crippen LogP contribution is 2.28. The maximum atomic E-state index is 12.5. The molecule has 1 heterocycles. The van der Waals surface area contributed by atoms with Crippen LogP contribution >= 0.6 is 0 Å². The maximum absolute atomic E-state index is 12.5. The van der Waals surface area contributed by atoms with Crippen molar-refractivity contribution in [3.8, 4) is 0 Å². The van der Waals surface area contributed by atoms with Gasteiger partial charge in [-0.15, -0.1) is 0 Å². The predicted molar refractivity (Wildman–Crippen MR) is 85.9 cm³/mol. The van der Waals surface area contributed by atoms with E-state index < -0.39 is 5.97 Å². The number of carbonyl (C=O) groups is 2. The van der Waals surface area contributed by atoms with Gasteiger partial charge in [-0.25, -0.2) is 4.79 Å². The lowest BCUT2D eigenvalue weighted by Gasteiger charge is -2.28. The molecule has 2 rings (SSSR count). The molecule has 0 aliphatic carbocycles. The lowest BCUT2D eigenvalue weighted by molar-refractivity contribution is -0.139. The van der Waals surface area contributed by atoms with Gasteiger partial charge >= 0.3 is 5.97 Å². The smallest absolute Gasteiger partial charge is 0.335 e. The van der Waals surface area contributed by atoms with Crippen molar-refractivity contribution < 1.29 is 14.7 Å². The number of hydrogen-bond acceptors (Lipinski definition) is 2. The molecule has 4 nitrogen and oxygen atoms in total. The van der Waals surface area contributed by atoms with Crippen LogP contribution in [-0.2, 0) is 11.2 Å². The Morgan fingerprint density at radius 1 is 1.27 bits per heavy atom. The fraction of sp³-hybridized carbons (Fsp3) is 0.556. The summed E-state index contributed by atoms with van der Waals surface area (Å²) in [7, 11) is 0. The molecular weight excluding hydrogens is 278 g/mol. The SMILES string of the molecule is CCC(C)(C)C(=O)N1CCC(Cc2ccc(C(=O)O)cc2)C1. The van der Waals surface area contributed by atoms with Crippen molar-refractivity contribution in [3.63, 3.8) is 0 Å². The van der Waals surface area contributed by atoms with E-state index in [1.165, 1.54) is 0 Å². The molecule has 1 amide bonds. The zero-order valence-electron chi connectivity index (χ0n) is 13.6. The average Bonchev–Trinajstić information content (AvgIpc) is 2.95. The van der Waals surface area contributed by atoms with Crippen LogP contribution in [0.15, 0.2) is 24.3 Å². The van der Waals surface area contributed by atoms with Crippen LogP contribution in [0.25, 0.3) is 0 Å². The minimum absolute atomic E-state index is 0.249. The van der Waals surface area contributed by atoms with Gasteiger partial charge in [0.1, 0.15) is 0 Å². The number of carboxylic acids is 1. The molecule has 0 radical (unpaired) electrons. The Labute approximate surface area is 132 Å². The van der Waals surface area contributed by atoms with Crippen molar-refractivity contribution in [1.29, 1.82) is 0 Å². The molecule has 0 bridgehead atoms. The number of nitrogens with zero attached hydrogens (tertiary/aromatic N) is 1. The topological polar surface area (TPSA) is 57.6 Å². The van der Waals surface area contributed by atoms with Gasteiger partial charge in [-0.05, 0) is 42.9 Å². The van der Waals surface area contributed by atoms with Crippen LogP contribution in [0.1, 0.15) is 49.5 Å². The van der Waals surface area contributed by atoms with E-state index in [2.05, 4.69) is 6.92 Å². The molecule has 1 unspecified atom stereocenters. The summed E-state index contributed by atoms with van der Waals surface area (Å²) < 4.78 is 0. The number of likely N-dealkylation sites (tertiary alicyclic amines) is 1. The molecule has 22 heavy (non-hydrogen) atoms. The van der Waals surface area contributed by atoms with Crippen molar-refractivity contribution in [2.45, 2.75) is 40.0 Å². The van der Waals surface area contributed by atoms with Crippen molar-refractivity contribution in [3.05, 3.63) is 35.4 Å². The number of rotatable bonds is 5. The van der Waals surface area contributed by atoms with E-state index in [1.807, 2.05) is 30.9 Å². The largest absolute Gasteiger partial charge is 0.478 e. The number of benzene rings is 1. The lowest BCUT2D eigenvalue weighted by Crippen LogP contribution is -2.39. The summed E-state index contributed by atoms with van der Waals surface area (Å²) >= 11 is 0. The van der Waals surface area contributed by atoms with Gasteiger partial charge in [-0.2, -0.15) is 0 Å². The normalized spacial score (nSPS) is 18.5. The van der Waals surface area contributed by atoms with Crippen LogP contribution in [0.3, 0.4) is 0 Å². The van der Waals surface area contributed by atoms with E-state index >= 15 is 0 Å². The van der Waals surface area contributed by atoms with E-state index in [1.54, 1.807) is 12.1 Å². The molecule has 4 heteroatoms. The van der Waals surface area contributed by atoms with Crippen LogP contribution in [0, 0.1) is 11.3 Å². The van der Waals surface area contributed by atoms with Gasteiger partial charge in [0.05, 0.1) is 5.56 Å². The van der Waals surface area contributed by atoms with Gasteiger partial charge in [0, 0.05) is 18.5 Å². The van der Waals surface area contributed by atoms with E-state index in [0.717, 1.165) is 37.9 Å². The first-order chi connectivity index (χ1) is 10.3. The quantitative estimate of drug-likeness (QED) is 0.908. The zero-order valence-corrected chi connectivity index (χ0v) is 13.6. The lowest BCUT2D eigenvalue weighted by atomic mass is 9.88. The molecule has 1 atom stereocenters. The van der Waals surface area contributed by atoms with Crippen molar-refractivity contribution in [2.75, 3.05) is 13.1 Å². The highest BCUT2D eigenvalue weighted by atomic mass is 16.4. The number of hydrogen-bond donors (Lipinski definition) is 1. The molecule has 1 aromatic rings. The Kier molecular flexibility index (Phi) is 4.89. The van der Waals surface area contributed by atoms with Crippen LogP contribution in [0.5, 0.6) is 0 Å². The molecule has 1 N–H and O–H groups in total. The molecule has 1 aromatic carbocycles. The standard InChI is InChI=1S/C18H25NO3/c1-4-18(2,3)17(22)19-10-9-14(12-19)11-13-5-7-15(8-6-13)16(20)21/h5-8,14H,4,9-12H2,1-3H3,(H,20,21). The Balaban J connectivity index is 1.94. The summed E-state index contributed by atoms with van der Waals surface area (Å²) in [6, 6.07) is 7.05. The first kappa shape index (κ1) is 16.5. The van der Waals surface area contributed by atoms with Gasteiger partial charge < -0.3 is 10.0 Å². The Morgan fingerprint density at radius 2 is 1.91 bits per heavy atom. The Hall–Kier alpha value is -1.84.